The SMILES string of the molecule is Cc1ccccc1[C@@H](C)NCc1ccc(Br)cc1[N+](=O)[O-]. The highest BCUT2D eigenvalue weighted by Gasteiger charge is 2.15. The summed E-state index contributed by atoms with van der Waals surface area (Å²) in [6.45, 7) is 4.59. The largest absolute Gasteiger partial charge is 0.306 e. The zero-order chi connectivity index (χ0) is 15.4. The topological polar surface area (TPSA) is 55.2 Å². The van der Waals surface area contributed by atoms with Gasteiger partial charge in [-0.15, -0.1) is 0 Å². The van der Waals surface area contributed by atoms with Crippen LogP contribution in [-0.4, -0.2) is 4.92 Å². The van der Waals surface area contributed by atoms with Crippen LogP contribution in [0.25, 0.3) is 0 Å². The summed E-state index contributed by atoms with van der Waals surface area (Å²) in [5.41, 5.74) is 3.23. The van der Waals surface area contributed by atoms with Crippen LogP contribution in [0.5, 0.6) is 0 Å². The van der Waals surface area contributed by atoms with Crippen molar-refractivity contribution in [1.29, 1.82) is 0 Å². The first-order chi connectivity index (χ1) is 9.99. The molecule has 110 valence electrons. The van der Waals surface area contributed by atoms with E-state index in [0.29, 0.717) is 16.6 Å². The van der Waals surface area contributed by atoms with Crippen molar-refractivity contribution in [1.82, 2.24) is 5.32 Å². The van der Waals surface area contributed by atoms with Crippen molar-refractivity contribution >= 4 is 21.6 Å². The van der Waals surface area contributed by atoms with E-state index in [-0.39, 0.29) is 16.7 Å². The Morgan fingerprint density at radius 2 is 2.00 bits per heavy atom. The van der Waals surface area contributed by atoms with Gasteiger partial charge < -0.3 is 5.32 Å². The van der Waals surface area contributed by atoms with E-state index in [1.54, 1.807) is 6.07 Å². The Kier molecular flexibility index (Phi) is 5.09. The number of nitrogens with one attached hydrogen (secondary N) is 1. The molecule has 0 unspecified atom stereocenters. The summed E-state index contributed by atoms with van der Waals surface area (Å²) < 4.78 is 0.713. The molecule has 2 rings (SSSR count). The van der Waals surface area contributed by atoms with Crippen LogP contribution in [0.2, 0.25) is 0 Å². The smallest absolute Gasteiger partial charge is 0.275 e. The molecule has 0 aliphatic carbocycles. The third kappa shape index (κ3) is 3.89. The van der Waals surface area contributed by atoms with Crippen LogP contribution in [0.4, 0.5) is 5.69 Å². The molecule has 0 aliphatic heterocycles. The average molecular weight is 349 g/mol. The number of benzene rings is 2. The Hall–Kier alpha value is -1.72. The number of halogens is 1. The second kappa shape index (κ2) is 6.83. The molecular formula is C16H17BrN2O2. The summed E-state index contributed by atoms with van der Waals surface area (Å²) in [5, 5.41) is 14.5. The molecule has 0 spiro atoms. The zero-order valence-corrected chi connectivity index (χ0v) is 13.6. The molecule has 21 heavy (non-hydrogen) atoms. The quantitative estimate of drug-likeness (QED) is 0.638. The minimum Gasteiger partial charge on any atom is -0.306 e. The molecule has 0 heterocycles. The second-order valence-electron chi connectivity index (χ2n) is 4.99. The fourth-order valence-corrected chi connectivity index (χ4v) is 2.65. The molecule has 2 aromatic carbocycles. The van der Waals surface area contributed by atoms with E-state index in [1.165, 1.54) is 17.2 Å². The van der Waals surface area contributed by atoms with Crippen LogP contribution < -0.4 is 5.32 Å². The fourth-order valence-electron chi connectivity index (χ4n) is 2.30. The Labute approximate surface area is 132 Å². The molecule has 0 fully saturated rings. The molecule has 1 N–H and O–H groups in total. The van der Waals surface area contributed by atoms with Gasteiger partial charge in [0.25, 0.3) is 5.69 Å². The molecule has 5 heteroatoms. The number of nitro benzene ring substituents is 1. The molecule has 0 bridgehead atoms. The third-order valence-electron chi connectivity index (χ3n) is 3.50. The van der Waals surface area contributed by atoms with Crippen molar-refractivity contribution in [2.75, 3.05) is 0 Å². The second-order valence-corrected chi connectivity index (χ2v) is 5.90. The Bertz CT molecular complexity index is 658. The number of hydrogen-bond donors (Lipinski definition) is 1. The van der Waals surface area contributed by atoms with Crippen molar-refractivity contribution in [3.05, 3.63) is 73.7 Å². The Morgan fingerprint density at radius 3 is 2.67 bits per heavy atom. The van der Waals surface area contributed by atoms with E-state index in [4.69, 9.17) is 0 Å². The molecule has 2 aromatic rings. The van der Waals surface area contributed by atoms with Gasteiger partial charge in [-0.2, -0.15) is 0 Å². The molecule has 0 amide bonds. The van der Waals surface area contributed by atoms with Crippen molar-refractivity contribution < 1.29 is 4.92 Å². The molecule has 0 aromatic heterocycles. The summed E-state index contributed by atoms with van der Waals surface area (Å²) in [4.78, 5) is 10.8. The highest BCUT2D eigenvalue weighted by Crippen LogP contribution is 2.24. The van der Waals surface area contributed by atoms with E-state index in [0.717, 1.165) is 0 Å². The number of nitrogens with zero attached hydrogens (tertiary/aromatic N) is 1. The van der Waals surface area contributed by atoms with Crippen molar-refractivity contribution in [2.24, 2.45) is 0 Å². The van der Waals surface area contributed by atoms with Gasteiger partial charge in [0.05, 0.1) is 4.92 Å². The molecule has 0 saturated carbocycles. The molecule has 0 aliphatic rings. The van der Waals surface area contributed by atoms with Crippen LogP contribution in [0.15, 0.2) is 46.9 Å². The molecule has 4 nitrogen and oxygen atoms in total. The van der Waals surface area contributed by atoms with Crippen molar-refractivity contribution in [2.45, 2.75) is 26.4 Å². The molecular weight excluding hydrogens is 332 g/mol. The number of aryl methyl sites for hydroxylation is 1. The highest BCUT2D eigenvalue weighted by molar-refractivity contribution is 9.10. The standard InChI is InChI=1S/C16H17BrN2O2/c1-11-5-3-4-6-15(11)12(2)18-10-13-7-8-14(17)9-16(13)19(20)21/h3-9,12,18H,10H2,1-2H3/t12-/m1/s1. The lowest BCUT2D eigenvalue weighted by atomic mass is 10.0. The zero-order valence-electron chi connectivity index (χ0n) is 12.0. The Balaban J connectivity index is 2.13. The number of nitro groups is 1. The predicted octanol–water partition coefficient (Wildman–Crippen LogP) is 4.52. The van der Waals surface area contributed by atoms with Crippen LogP contribution in [-0.2, 0) is 6.54 Å². The van der Waals surface area contributed by atoms with Gasteiger partial charge in [0.1, 0.15) is 0 Å². The molecule has 0 radical (unpaired) electrons. The van der Waals surface area contributed by atoms with E-state index in [9.17, 15) is 10.1 Å². The minimum atomic E-state index is -0.347. The van der Waals surface area contributed by atoms with Gasteiger partial charge in [0.2, 0.25) is 0 Å². The number of hydrogen-bond acceptors (Lipinski definition) is 3. The van der Waals surface area contributed by atoms with Crippen molar-refractivity contribution in [3.8, 4) is 0 Å². The van der Waals surface area contributed by atoms with Crippen LogP contribution >= 0.6 is 15.9 Å². The van der Waals surface area contributed by atoms with Crippen LogP contribution in [0, 0.1) is 17.0 Å². The summed E-state index contributed by atoms with van der Waals surface area (Å²) >= 11 is 3.27. The van der Waals surface area contributed by atoms with Crippen LogP contribution in [0.1, 0.15) is 29.7 Å². The van der Waals surface area contributed by atoms with Gasteiger partial charge in [-0.05, 0) is 37.1 Å². The third-order valence-corrected chi connectivity index (χ3v) is 3.99. The van der Waals surface area contributed by atoms with E-state index < -0.39 is 0 Å². The summed E-state index contributed by atoms with van der Waals surface area (Å²) in [5.74, 6) is 0. The van der Waals surface area contributed by atoms with Gasteiger partial charge in [0, 0.05) is 28.7 Å². The maximum Gasteiger partial charge on any atom is 0.275 e. The molecule has 0 saturated heterocycles. The highest BCUT2D eigenvalue weighted by atomic mass is 79.9. The maximum absolute atomic E-state index is 11.1. The van der Waals surface area contributed by atoms with Crippen LogP contribution in [0.3, 0.4) is 0 Å². The van der Waals surface area contributed by atoms with Gasteiger partial charge in [0.15, 0.2) is 0 Å². The van der Waals surface area contributed by atoms with Crippen molar-refractivity contribution in [3.63, 3.8) is 0 Å². The normalized spacial score (nSPS) is 12.1. The first-order valence-electron chi connectivity index (χ1n) is 6.70. The summed E-state index contributed by atoms with van der Waals surface area (Å²) in [6.07, 6.45) is 0. The van der Waals surface area contributed by atoms with Gasteiger partial charge >= 0.3 is 0 Å². The Morgan fingerprint density at radius 1 is 1.29 bits per heavy atom. The van der Waals surface area contributed by atoms with Gasteiger partial charge in [-0.25, -0.2) is 0 Å². The first-order valence-corrected chi connectivity index (χ1v) is 7.50. The van der Waals surface area contributed by atoms with E-state index in [2.05, 4.69) is 47.2 Å². The fraction of sp³-hybridized carbons (Fsp3) is 0.250. The average Bonchev–Trinajstić information content (AvgIpc) is 2.46. The monoisotopic (exact) mass is 348 g/mol. The lowest BCUT2D eigenvalue weighted by molar-refractivity contribution is -0.385. The van der Waals surface area contributed by atoms with Gasteiger partial charge in [-0.1, -0.05) is 40.2 Å². The molecule has 1 atom stereocenters. The first kappa shape index (κ1) is 15.7. The van der Waals surface area contributed by atoms with Gasteiger partial charge in [-0.3, -0.25) is 10.1 Å². The summed E-state index contributed by atoms with van der Waals surface area (Å²) in [7, 11) is 0. The summed E-state index contributed by atoms with van der Waals surface area (Å²) in [6, 6.07) is 13.4. The van der Waals surface area contributed by atoms with E-state index in [1.807, 2.05) is 18.2 Å². The van der Waals surface area contributed by atoms with E-state index >= 15 is 0 Å². The maximum atomic E-state index is 11.1. The lowest BCUT2D eigenvalue weighted by Gasteiger charge is -2.16. The predicted molar refractivity (Wildman–Crippen MR) is 87.2 cm³/mol. The lowest BCUT2D eigenvalue weighted by Crippen LogP contribution is -2.19. The number of rotatable bonds is 5. The minimum absolute atomic E-state index is 0.133.